The minimum absolute atomic E-state index is 0.0875. The maximum absolute atomic E-state index is 12.5. The van der Waals surface area contributed by atoms with Gasteiger partial charge < -0.3 is 10.6 Å². The van der Waals surface area contributed by atoms with Gasteiger partial charge in [0, 0.05) is 19.3 Å². The fourth-order valence-corrected chi connectivity index (χ4v) is 3.28. The molecule has 1 spiro atoms. The molecule has 1 saturated carbocycles. The normalized spacial score (nSPS) is 19.0. The molecule has 7 heteroatoms. The Kier molecular flexibility index (Phi) is 4.15. The summed E-state index contributed by atoms with van der Waals surface area (Å²) in [4.78, 5) is 29.9. The lowest BCUT2D eigenvalue weighted by molar-refractivity contribution is -0.131. The van der Waals surface area contributed by atoms with Crippen LogP contribution in [0.5, 0.6) is 0 Å². The van der Waals surface area contributed by atoms with Crippen LogP contribution >= 0.6 is 0 Å². The van der Waals surface area contributed by atoms with Gasteiger partial charge in [-0.1, -0.05) is 12.8 Å². The molecular formula is C16H19N5O2. The van der Waals surface area contributed by atoms with Crippen molar-refractivity contribution in [2.45, 2.75) is 37.6 Å². The van der Waals surface area contributed by atoms with Crippen molar-refractivity contribution in [1.82, 2.24) is 15.2 Å². The molecule has 1 aliphatic heterocycles. The number of aromatic nitrogens is 1. The average molecular weight is 313 g/mol. The van der Waals surface area contributed by atoms with Gasteiger partial charge in [0.1, 0.15) is 17.4 Å². The smallest absolute Gasteiger partial charge is 0.325 e. The molecule has 1 aromatic heterocycles. The molecule has 2 aliphatic rings. The van der Waals surface area contributed by atoms with Gasteiger partial charge in [-0.25, -0.2) is 9.78 Å². The second-order valence-corrected chi connectivity index (χ2v) is 5.97. The number of carbonyl (C=O) groups is 2. The number of rotatable bonds is 5. The van der Waals surface area contributed by atoms with Crippen molar-refractivity contribution in [3.8, 4) is 6.07 Å². The summed E-state index contributed by atoms with van der Waals surface area (Å²) >= 11 is 0. The largest absolute Gasteiger partial charge is 0.369 e. The minimum Gasteiger partial charge on any atom is -0.369 e. The highest BCUT2D eigenvalue weighted by Gasteiger charge is 2.51. The second kappa shape index (κ2) is 6.24. The Morgan fingerprint density at radius 3 is 2.91 bits per heavy atom. The molecule has 1 aliphatic carbocycles. The van der Waals surface area contributed by atoms with Crippen LogP contribution in [0.15, 0.2) is 18.3 Å². The molecule has 120 valence electrons. The van der Waals surface area contributed by atoms with Crippen LogP contribution < -0.4 is 10.6 Å². The van der Waals surface area contributed by atoms with Crippen molar-refractivity contribution in [3.63, 3.8) is 0 Å². The van der Waals surface area contributed by atoms with Crippen LogP contribution in [0.25, 0.3) is 0 Å². The highest BCUT2D eigenvalue weighted by atomic mass is 16.2. The van der Waals surface area contributed by atoms with Gasteiger partial charge in [0.05, 0.1) is 5.56 Å². The molecule has 2 heterocycles. The molecule has 0 aromatic carbocycles. The van der Waals surface area contributed by atoms with Crippen molar-refractivity contribution < 1.29 is 9.59 Å². The van der Waals surface area contributed by atoms with E-state index in [0.29, 0.717) is 30.9 Å². The molecule has 0 bridgehead atoms. The summed E-state index contributed by atoms with van der Waals surface area (Å²) in [6.45, 7) is 0.907. The first-order chi connectivity index (χ1) is 11.2. The molecule has 1 aromatic rings. The van der Waals surface area contributed by atoms with Crippen molar-refractivity contribution >= 4 is 17.8 Å². The van der Waals surface area contributed by atoms with E-state index < -0.39 is 5.54 Å². The summed E-state index contributed by atoms with van der Waals surface area (Å²) < 4.78 is 0. The lowest BCUT2D eigenvalue weighted by Gasteiger charge is -2.20. The molecule has 23 heavy (non-hydrogen) atoms. The number of pyridine rings is 1. The van der Waals surface area contributed by atoms with Gasteiger partial charge in [-0.3, -0.25) is 9.69 Å². The number of anilines is 1. The predicted octanol–water partition coefficient (Wildman–Crippen LogP) is 1.62. The monoisotopic (exact) mass is 313 g/mol. The van der Waals surface area contributed by atoms with Crippen molar-refractivity contribution in [3.05, 3.63) is 23.9 Å². The van der Waals surface area contributed by atoms with E-state index in [2.05, 4.69) is 21.7 Å². The third-order valence-electron chi connectivity index (χ3n) is 4.48. The summed E-state index contributed by atoms with van der Waals surface area (Å²) in [5.74, 6) is 0.440. The van der Waals surface area contributed by atoms with Crippen LogP contribution in [0.1, 0.15) is 37.7 Å². The Balaban J connectivity index is 1.52. The summed E-state index contributed by atoms with van der Waals surface area (Å²) in [5.41, 5.74) is -0.160. The van der Waals surface area contributed by atoms with Gasteiger partial charge in [-0.2, -0.15) is 5.26 Å². The Labute approximate surface area is 134 Å². The van der Waals surface area contributed by atoms with Gasteiger partial charge >= 0.3 is 6.03 Å². The first-order valence-corrected chi connectivity index (χ1v) is 7.89. The number of nitrogens with one attached hydrogen (secondary N) is 2. The number of urea groups is 1. The summed E-state index contributed by atoms with van der Waals surface area (Å²) in [5, 5.41) is 14.9. The zero-order valence-electron chi connectivity index (χ0n) is 12.8. The van der Waals surface area contributed by atoms with E-state index in [9.17, 15) is 9.59 Å². The first-order valence-electron chi connectivity index (χ1n) is 7.89. The van der Waals surface area contributed by atoms with E-state index in [1.165, 1.54) is 4.90 Å². The number of imide groups is 1. The number of hydrogen-bond donors (Lipinski definition) is 2. The number of nitrogens with zero attached hydrogens (tertiary/aromatic N) is 3. The molecule has 2 N–H and O–H groups in total. The third-order valence-corrected chi connectivity index (χ3v) is 4.48. The fraction of sp³-hybridized carbons (Fsp3) is 0.500. The molecule has 0 radical (unpaired) electrons. The van der Waals surface area contributed by atoms with Gasteiger partial charge in [0.25, 0.3) is 5.91 Å². The fourth-order valence-electron chi connectivity index (χ4n) is 3.28. The van der Waals surface area contributed by atoms with Gasteiger partial charge in [0.2, 0.25) is 0 Å². The molecule has 0 atom stereocenters. The number of carbonyl (C=O) groups excluding carboxylic acids is 2. The molecule has 1 saturated heterocycles. The van der Waals surface area contributed by atoms with Gasteiger partial charge in [0.15, 0.2) is 0 Å². The van der Waals surface area contributed by atoms with Gasteiger partial charge in [-0.15, -0.1) is 0 Å². The Bertz CT molecular complexity index is 661. The van der Waals surface area contributed by atoms with Crippen LogP contribution in [0.3, 0.4) is 0 Å². The molecular weight excluding hydrogens is 294 g/mol. The summed E-state index contributed by atoms with van der Waals surface area (Å²) in [6, 6.07) is 5.18. The zero-order chi connectivity index (χ0) is 16.3. The second-order valence-electron chi connectivity index (χ2n) is 5.97. The Morgan fingerprint density at radius 1 is 1.39 bits per heavy atom. The Morgan fingerprint density at radius 2 is 2.17 bits per heavy atom. The van der Waals surface area contributed by atoms with E-state index in [0.717, 1.165) is 25.7 Å². The molecule has 3 amide bonds. The van der Waals surface area contributed by atoms with E-state index in [4.69, 9.17) is 5.26 Å². The quantitative estimate of drug-likeness (QED) is 0.636. The van der Waals surface area contributed by atoms with Crippen molar-refractivity contribution in [2.75, 3.05) is 18.4 Å². The first kappa shape index (κ1) is 15.3. The van der Waals surface area contributed by atoms with Crippen LogP contribution in [-0.4, -0.2) is 40.5 Å². The minimum atomic E-state index is -0.639. The highest BCUT2D eigenvalue weighted by Crippen LogP contribution is 2.34. The molecule has 0 unspecified atom stereocenters. The van der Waals surface area contributed by atoms with Crippen LogP contribution in [0, 0.1) is 11.3 Å². The standard InChI is InChI=1S/C16H19N5O2/c17-11-12-5-3-8-18-13(12)19-9-4-10-21-14(22)16(20-15(21)23)6-1-2-7-16/h3,5,8H,1-2,4,6-7,9-10H2,(H,18,19)(H,20,23). The molecule has 7 nitrogen and oxygen atoms in total. The van der Waals surface area contributed by atoms with Gasteiger partial charge in [-0.05, 0) is 31.4 Å². The maximum atomic E-state index is 12.5. The average Bonchev–Trinajstić information content (AvgIpc) is 3.12. The van der Waals surface area contributed by atoms with E-state index in [-0.39, 0.29) is 11.9 Å². The van der Waals surface area contributed by atoms with Crippen LogP contribution in [0.2, 0.25) is 0 Å². The zero-order valence-corrected chi connectivity index (χ0v) is 12.8. The van der Waals surface area contributed by atoms with E-state index in [1.807, 2.05) is 0 Å². The number of hydrogen-bond acceptors (Lipinski definition) is 5. The number of amides is 3. The predicted molar refractivity (Wildman–Crippen MR) is 83.5 cm³/mol. The van der Waals surface area contributed by atoms with Crippen molar-refractivity contribution in [2.24, 2.45) is 0 Å². The number of nitriles is 1. The van der Waals surface area contributed by atoms with Crippen molar-refractivity contribution in [1.29, 1.82) is 5.26 Å². The lowest BCUT2D eigenvalue weighted by atomic mass is 9.98. The maximum Gasteiger partial charge on any atom is 0.325 e. The molecule has 3 rings (SSSR count). The SMILES string of the molecule is N#Cc1cccnc1NCCCN1C(=O)NC2(CCCC2)C1=O. The van der Waals surface area contributed by atoms with E-state index in [1.54, 1.807) is 18.3 Å². The highest BCUT2D eigenvalue weighted by molar-refractivity contribution is 6.07. The van der Waals surface area contributed by atoms with Crippen LogP contribution in [-0.2, 0) is 4.79 Å². The summed E-state index contributed by atoms with van der Waals surface area (Å²) in [6.07, 6.45) is 5.68. The van der Waals surface area contributed by atoms with E-state index >= 15 is 0 Å². The topological polar surface area (TPSA) is 98.1 Å². The third kappa shape index (κ3) is 2.84. The van der Waals surface area contributed by atoms with Crippen LogP contribution in [0.4, 0.5) is 10.6 Å². The molecule has 2 fully saturated rings. The Hall–Kier alpha value is -2.62. The lowest BCUT2D eigenvalue weighted by Crippen LogP contribution is -2.44. The summed E-state index contributed by atoms with van der Waals surface area (Å²) in [7, 11) is 0.